The molecule has 0 saturated carbocycles. The maximum Gasteiger partial charge on any atom is -0.00139 e. The standard InChI is InChI=1S/C40H20.C26H14.C20H12/c1-2-6-22-18-34-30-14-10-26-28-12-16-32-36-20-24-8-4-3-7-23(24)19-35(36)31-15-11-27(38(28)40(31)32)25-9-13-29(39(30)37(25)26)33(34)17-21(22)5-1;1-5-15-6-2-10-18-22-14-24-20-12-4-8-16-7-3-11-19(26(16)20)23(24)13-21(22)17(9-1)25(15)18;1-2-6-15-12-19-17-10-4-8-13-7-3-9-16(20(13)17)18(19)11-14(15)5-1/h1-20H;1-14H;1-12H. The third-order valence-electron chi connectivity index (χ3n) is 20.3. The van der Waals surface area contributed by atoms with Crippen LogP contribution < -0.4 is 0 Å². The van der Waals surface area contributed by atoms with E-state index in [2.05, 4.69) is 279 Å². The van der Waals surface area contributed by atoms with Crippen molar-refractivity contribution in [1.29, 1.82) is 0 Å². The lowest BCUT2D eigenvalue weighted by Crippen LogP contribution is -1.88. The molecule has 0 amide bonds. The number of rotatable bonds is 0. The summed E-state index contributed by atoms with van der Waals surface area (Å²) >= 11 is 0. The van der Waals surface area contributed by atoms with Gasteiger partial charge in [0, 0.05) is 0 Å². The summed E-state index contributed by atoms with van der Waals surface area (Å²) in [6, 6.07) is 104. The van der Waals surface area contributed by atoms with Crippen LogP contribution in [0.3, 0.4) is 0 Å². The molecule has 0 saturated heterocycles. The summed E-state index contributed by atoms with van der Waals surface area (Å²) in [5.74, 6) is 0. The molecule has 20 aromatic rings. The Morgan fingerprint density at radius 2 is 0.326 bits per heavy atom. The summed E-state index contributed by atoms with van der Waals surface area (Å²) in [6.45, 7) is 0. The van der Waals surface area contributed by atoms with Crippen LogP contribution in [0.5, 0.6) is 0 Å². The van der Waals surface area contributed by atoms with Gasteiger partial charge in [-0.15, -0.1) is 0 Å². The zero-order valence-corrected chi connectivity index (χ0v) is 46.6. The van der Waals surface area contributed by atoms with Gasteiger partial charge in [-0.1, -0.05) is 231 Å². The van der Waals surface area contributed by atoms with Crippen molar-refractivity contribution in [2.75, 3.05) is 0 Å². The lowest BCUT2D eigenvalue weighted by atomic mass is 9.86. The van der Waals surface area contributed by atoms with E-state index in [4.69, 9.17) is 0 Å². The van der Waals surface area contributed by atoms with Crippen LogP contribution >= 0.6 is 0 Å². The van der Waals surface area contributed by atoms with E-state index in [1.807, 2.05) is 0 Å². The van der Waals surface area contributed by atoms with Crippen molar-refractivity contribution in [3.63, 3.8) is 0 Å². The second kappa shape index (κ2) is 16.3. The first-order chi connectivity index (χ1) is 42.6. The van der Waals surface area contributed by atoms with Gasteiger partial charge in [-0.2, -0.15) is 0 Å². The fourth-order valence-electron chi connectivity index (χ4n) is 16.7. The molecule has 0 bridgehead atoms. The van der Waals surface area contributed by atoms with Crippen LogP contribution in [0.2, 0.25) is 0 Å². The number of fused-ring (bicyclic) bond motifs is 20. The smallest absolute Gasteiger partial charge is 0.00139 e. The first-order valence-corrected chi connectivity index (χ1v) is 30.2. The van der Waals surface area contributed by atoms with Gasteiger partial charge in [0.2, 0.25) is 0 Å². The summed E-state index contributed by atoms with van der Waals surface area (Å²) in [5, 5.41) is 38.2. The van der Waals surface area contributed by atoms with Crippen molar-refractivity contribution in [1.82, 2.24) is 0 Å². The van der Waals surface area contributed by atoms with Gasteiger partial charge in [-0.3, -0.25) is 0 Å². The molecular weight excluding hydrogens is 1030 g/mol. The molecule has 0 fully saturated rings. The third kappa shape index (κ3) is 5.83. The summed E-state index contributed by atoms with van der Waals surface area (Å²) in [7, 11) is 0. The predicted octanol–water partition coefficient (Wildman–Crippen LogP) is 24.5. The Balaban J connectivity index is 0.0000000956. The topological polar surface area (TPSA) is 0 Å². The Morgan fingerprint density at radius 1 is 0.105 bits per heavy atom. The molecule has 0 unspecified atom stereocenters. The van der Waals surface area contributed by atoms with E-state index in [9.17, 15) is 0 Å². The monoisotopic (exact) mass is 1080 g/mol. The van der Waals surface area contributed by atoms with Gasteiger partial charge in [0.05, 0.1) is 0 Å². The summed E-state index contributed by atoms with van der Waals surface area (Å²) < 4.78 is 0. The van der Waals surface area contributed by atoms with E-state index in [0.717, 1.165) is 0 Å². The first-order valence-electron chi connectivity index (χ1n) is 30.2. The molecule has 0 heteroatoms. The highest BCUT2D eigenvalue weighted by Gasteiger charge is 2.29. The summed E-state index contributed by atoms with van der Waals surface area (Å²) in [6.07, 6.45) is 0. The normalized spacial score (nSPS) is 12.7. The molecule has 0 N–H and O–H groups in total. The maximum atomic E-state index is 2.42. The largest absolute Gasteiger partial charge is 0.0616 e. The van der Waals surface area contributed by atoms with E-state index < -0.39 is 0 Å². The lowest BCUT2D eigenvalue weighted by molar-refractivity contribution is 1.73. The first kappa shape index (κ1) is 45.3. The quantitative estimate of drug-likeness (QED) is 0.105. The van der Waals surface area contributed by atoms with Crippen LogP contribution in [-0.4, -0.2) is 0 Å². The van der Waals surface area contributed by atoms with Crippen LogP contribution in [0, 0.1) is 0 Å². The number of hydrogen-bond acceptors (Lipinski definition) is 0. The van der Waals surface area contributed by atoms with Gasteiger partial charge in [0.15, 0.2) is 0 Å². The molecule has 0 heterocycles. The van der Waals surface area contributed by atoms with Gasteiger partial charge in [0.25, 0.3) is 0 Å². The van der Waals surface area contributed by atoms with Crippen LogP contribution in [0.25, 0.3) is 218 Å². The Kier molecular flexibility index (Phi) is 8.61. The van der Waals surface area contributed by atoms with Gasteiger partial charge >= 0.3 is 0 Å². The van der Waals surface area contributed by atoms with Gasteiger partial charge < -0.3 is 0 Å². The van der Waals surface area contributed by atoms with Crippen LogP contribution in [-0.2, 0) is 0 Å². The molecule has 0 radical (unpaired) electrons. The highest BCUT2D eigenvalue weighted by atomic mass is 14.3. The highest BCUT2D eigenvalue weighted by Crippen LogP contribution is 2.57. The molecule has 0 atom stereocenters. The molecule has 3 aliphatic carbocycles. The summed E-state index contributed by atoms with van der Waals surface area (Å²) in [4.78, 5) is 0. The molecule has 0 aromatic heterocycles. The summed E-state index contributed by atoms with van der Waals surface area (Å²) in [5.41, 5.74) is 16.4. The average molecular weight is 1080 g/mol. The molecule has 23 rings (SSSR count). The minimum absolute atomic E-state index is 1.30. The van der Waals surface area contributed by atoms with Crippen molar-refractivity contribution in [3.8, 4) is 66.8 Å². The molecule has 390 valence electrons. The minimum atomic E-state index is 1.30. The van der Waals surface area contributed by atoms with E-state index in [1.165, 1.54) is 218 Å². The number of hydrogen-bond donors (Lipinski definition) is 0. The van der Waals surface area contributed by atoms with Crippen LogP contribution in [0.15, 0.2) is 279 Å². The Morgan fingerprint density at radius 3 is 0.605 bits per heavy atom. The van der Waals surface area contributed by atoms with Crippen molar-refractivity contribution < 1.29 is 0 Å². The molecule has 86 heavy (non-hydrogen) atoms. The van der Waals surface area contributed by atoms with Gasteiger partial charge in [-0.05, 0) is 266 Å². The molecule has 0 nitrogen and oxygen atoms in total. The average Bonchev–Trinajstić information content (AvgIpc) is 1.50. The van der Waals surface area contributed by atoms with E-state index in [1.54, 1.807) is 0 Å². The second-order valence-electron chi connectivity index (χ2n) is 24.4. The van der Waals surface area contributed by atoms with Crippen molar-refractivity contribution >= 4 is 151 Å². The Hall–Kier alpha value is -11.2. The van der Waals surface area contributed by atoms with Crippen molar-refractivity contribution in [2.24, 2.45) is 0 Å². The lowest BCUT2D eigenvalue weighted by Gasteiger charge is -2.16. The SMILES string of the molecule is c1cc2cccc3c4cc5c(cc4c(c1)c23)c1cccc2cccc5c21.c1ccc2cc3c(cc2c1)-c1ccc2c4ccc5c6c(ccc(c7ccc-3c1c27)c64)-c1cc2ccccc2cc1-5.c1ccc2cc3c(cc2c1)-c1cccc2cccc-3c12. The van der Waals surface area contributed by atoms with E-state index >= 15 is 0 Å². The fourth-order valence-corrected chi connectivity index (χ4v) is 16.7. The van der Waals surface area contributed by atoms with Gasteiger partial charge in [0.1, 0.15) is 0 Å². The Labute approximate surface area is 493 Å². The van der Waals surface area contributed by atoms with E-state index in [-0.39, 0.29) is 0 Å². The highest BCUT2D eigenvalue weighted by molar-refractivity contribution is 6.41. The van der Waals surface area contributed by atoms with Crippen LogP contribution in [0.4, 0.5) is 0 Å². The maximum absolute atomic E-state index is 2.42. The predicted molar refractivity (Wildman–Crippen MR) is 371 cm³/mol. The fraction of sp³-hybridized carbons (Fsp3) is 0. The van der Waals surface area contributed by atoms with Crippen molar-refractivity contribution in [3.05, 3.63) is 279 Å². The zero-order chi connectivity index (χ0) is 55.6. The molecule has 3 aliphatic rings. The molecule has 20 aromatic carbocycles. The zero-order valence-electron chi connectivity index (χ0n) is 46.6. The van der Waals surface area contributed by atoms with Gasteiger partial charge in [-0.25, -0.2) is 0 Å². The van der Waals surface area contributed by atoms with Crippen LogP contribution in [0.1, 0.15) is 0 Å². The molecule has 0 spiro atoms. The van der Waals surface area contributed by atoms with E-state index in [0.29, 0.717) is 0 Å². The Bertz CT molecular complexity index is 5760. The second-order valence-corrected chi connectivity index (χ2v) is 24.4. The van der Waals surface area contributed by atoms with Crippen molar-refractivity contribution in [2.45, 2.75) is 0 Å². The number of benzene rings is 18. The molecular formula is C86H46. The molecule has 0 aliphatic heterocycles. The third-order valence-corrected chi connectivity index (χ3v) is 20.3. The minimum Gasteiger partial charge on any atom is -0.0616 e.